The maximum Gasteiger partial charge on any atom is 0.203 e. The van der Waals surface area contributed by atoms with E-state index in [1.54, 1.807) is 0 Å². The van der Waals surface area contributed by atoms with Crippen LogP contribution < -0.4 is 0 Å². The van der Waals surface area contributed by atoms with Gasteiger partial charge >= 0.3 is 0 Å². The van der Waals surface area contributed by atoms with Crippen LogP contribution in [0.5, 0.6) is 0 Å². The normalized spacial score (nSPS) is 26.0. The molecule has 0 bridgehead atoms. The quantitative estimate of drug-likeness (QED) is 0.724. The van der Waals surface area contributed by atoms with E-state index < -0.39 is 0 Å². The molecule has 0 N–H and O–H groups in total. The van der Waals surface area contributed by atoms with Crippen LogP contribution in [0.1, 0.15) is 24.2 Å². The van der Waals surface area contributed by atoms with E-state index in [9.17, 15) is 0 Å². The first-order valence-corrected chi connectivity index (χ1v) is 7.14. The fraction of sp³-hybridized carbons (Fsp3) is 0.211. The summed E-state index contributed by atoms with van der Waals surface area (Å²) in [5, 5.41) is 0. The summed E-state index contributed by atoms with van der Waals surface area (Å²) in [5.41, 5.74) is 3.03. The molecule has 0 amide bonds. The lowest BCUT2D eigenvalue weighted by Crippen LogP contribution is -2.47. The Kier molecular flexibility index (Phi) is 3.38. The Labute approximate surface area is 125 Å². The summed E-state index contributed by atoms with van der Waals surface area (Å²) in [7, 11) is 0. The van der Waals surface area contributed by atoms with Crippen molar-refractivity contribution in [3.8, 4) is 0 Å². The van der Waals surface area contributed by atoms with Crippen molar-refractivity contribution in [3.63, 3.8) is 0 Å². The van der Waals surface area contributed by atoms with Crippen molar-refractivity contribution in [1.29, 1.82) is 0 Å². The average molecular weight is 277 g/mol. The van der Waals surface area contributed by atoms with Crippen molar-refractivity contribution in [2.45, 2.75) is 20.0 Å². The van der Waals surface area contributed by atoms with E-state index in [-0.39, 0.29) is 11.5 Å². The van der Waals surface area contributed by atoms with Gasteiger partial charge in [0.1, 0.15) is 11.5 Å². The molecule has 0 radical (unpaired) electrons. The average Bonchev–Trinajstić information content (AvgIpc) is 2.52. The first kappa shape index (κ1) is 13.6. The van der Waals surface area contributed by atoms with Gasteiger partial charge in [-0.05, 0) is 31.5 Å². The number of hydrogen-bond donors (Lipinski definition) is 0. The minimum Gasteiger partial charge on any atom is -0.470 e. The van der Waals surface area contributed by atoms with E-state index >= 15 is 0 Å². The molecule has 2 aromatic rings. The van der Waals surface area contributed by atoms with E-state index in [2.05, 4.69) is 49.7 Å². The van der Waals surface area contributed by atoms with Crippen molar-refractivity contribution >= 4 is 11.6 Å². The highest BCUT2D eigenvalue weighted by atomic mass is 16.5. The van der Waals surface area contributed by atoms with Crippen molar-refractivity contribution in [3.05, 3.63) is 78.4 Å². The molecule has 0 spiro atoms. The van der Waals surface area contributed by atoms with Crippen LogP contribution in [-0.2, 0) is 4.74 Å². The van der Waals surface area contributed by atoms with Crippen molar-refractivity contribution in [2.75, 3.05) is 0 Å². The SMILES string of the molecule is C=C[C@]1(C)C(=Nc2ccc(C)cc2)O[C@H]1c1ccccc1. The Morgan fingerprint density at radius 1 is 1.10 bits per heavy atom. The lowest BCUT2D eigenvalue weighted by atomic mass is 9.75. The first-order chi connectivity index (χ1) is 10.1. The third-order valence-corrected chi connectivity index (χ3v) is 4.03. The van der Waals surface area contributed by atoms with E-state index in [4.69, 9.17) is 4.74 Å². The van der Waals surface area contributed by atoms with E-state index in [1.807, 2.05) is 36.4 Å². The lowest BCUT2D eigenvalue weighted by Gasteiger charge is -2.46. The monoisotopic (exact) mass is 277 g/mol. The second-order valence-corrected chi connectivity index (χ2v) is 5.65. The van der Waals surface area contributed by atoms with Gasteiger partial charge in [-0.2, -0.15) is 0 Å². The number of aliphatic imine (C=N–C) groups is 1. The molecule has 0 aliphatic carbocycles. The minimum atomic E-state index is -0.258. The first-order valence-electron chi connectivity index (χ1n) is 7.14. The van der Waals surface area contributed by atoms with Crippen LogP contribution in [0.4, 0.5) is 5.69 Å². The topological polar surface area (TPSA) is 21.6 Å². The zero-order chi connectivity index (χ0) is 14.9. The number of hydrogen-bond acceptors (Lipinski definition) is 2. The van der Waals surface area contributed by atoms with Crippen molar-refractivity contribution in [2.24, 2.45) is 10.4 Å². The van der Waals surface area contributed by atoms with Gasteiger partial charge in [0.2, 0.25) is 5.90 Å². The standard InChI is InChI=1S/C19H19NO/c1-4-19(3)17(15-8-6-5-7-9-15)21-18(19)20-16-12-10-14(2)11-13-16/h4-13,17H,1H2,2-3H3/t17-,19-/m0/s1. The number of nitrogens with zero attached hydrogens (tertiary/aromatic N) is 1. The van der Waals surface area contributed by atoms with Crippen LogP contribution in [-0.4, -0.2) is 5.90 Å². The van der Waals surface area contributed by atoms with E-state index in [1.165, 1.54) is 5.56 Å². The van der Waals surface area contributed by atoms with Crippen LogP contribution in [0.2, 0.25) is 0 Å². The predicted molar refractivity (Wildman–Crippen MR) is 86.8 cm³/mol. The van der Waals surface area contributed by atoms with E-state index in [0.29, 0.717) is 0 Å². The van der Waals surface area contributed by atoms with Crippen LogP contribution in [0.25, 0.3) is 0 Å². The summed E-state index contributed by atoms with van der Waals surface area (Å²) in [5.74, 6) is 0.732. The maximum atomic E-state index is 5.94. The molecular formula is C19H19NO. The minimum absolute atomic E-state index is 0.0135. The molecule has 1 aliphatic rings. The predicted octanol–water partition coefficient (Wildman–Crippen LogP) is 4.99. The fourth-order valence-corrected chi connectivity index (χ4v) is 2.53. The fourth-order valence-electron chi connectivity index (χ4n) is 2.53. The van der Waals surface area contributed by atoms with Gasteiger partial charge in [-0.3, -0.25) is 0 Å². The van der Waals surface area contributed by atoms with Crippen molar-refractivity contribution in [1.82, 2.24) is 0 Å². The summed E-state index contributed by atoms with van der Waals surface area (Å²) in [6.45, 7) is 8.16. The third kappa shape index (κ3) is 2.38. The second kappa shape index (κ2) is 5.21. The molecule has 0 unspecified atom stereocenters. The Hall–Kier alpha value is -2.35. The highest BCUT2D eigenvalue weighted by Crippen LogP contribution is 2.49. The van der Waals surface area contributed by atoms with Gasteiger partial charge in [-0.1, -0.05) is 54.1 Å². The van der Waals surface area contributed by atoms with Crippen LogP contribution in [0, 0.1) is 12.3 Å². The molecule has 1 heterocycles. The summed E-state index contributed by atoms with van der Waals surface area (Å²) >= 11 is 0. The molecule has 2 atom stereocenters. The molecule has 1 fully saturated rings. The molecule has 106 valence electrons. The molecule has 3 rings (SSSR count). The highest BCUT2D eigenvalue weighted by molar-refractivity contribution is 5.92. The highest BCUT2D eigenvalue weighted by Gasteiger charge is 2.50. The van der Waals surface area contributed by atoms with Gasteiger partial charge in [0.15, 0.2) is 0 Å². The molecule has 2 aromatic carbocycles. The Balaban J connectivity index is 1.89. The van der Waals surface area contributed by atoms with E-state index in [0.717, 1.165) is 17.1 Å². The number of ether oxygens (including phenoxy) is 1. The molecule has 2 heteroatoms. The number of aryl methyl sites for hydroxylation is 1. The zero-order valence-corrected chi connectivity index (χ0v) is 12.4. The molecule has 2 nitrogen and oxygen atoms in total. The van der Waals surface area contributed by atoms with Crippen LogP contribution in [0.3, 0.4) is 0 Å². The van der Waals surface area contributed by atoms with Gasteiger partial charge in [0.05, 0.1) is 5.69 Å². The summed E-state index contributed by atoms with van der Waals surface area (Å²) < 4.78 is 5.94. The van der Waals surface area contributed by atoms with Gasteiger partial charge in [-0.25, -0.2) is 4.99 Å². The molecule has 0 aromatic heterocycles. The van der Waals surface area contributed by atoms with Gasteiger partial charge in [0, 0.05) is 0 Å². The van der Waals surface area contributed by atoms with Crippen LogP contribution in [0.15, 0.2) is 72.2 Å². The number of rotatable bonds is 3. The molecular weight excluding hydrogens is 258 g/mol. The van der Waals surface area contributed by atoms with Crippen LogP contribution >= 0.6 is 0 Å². The zero-order valence-electron chi connectivity index (χ0n) is 12.4. The molecule has 0 saturated carbocycles. The van der Waals surface area contributed by atoms with Gasteiger partial charge in [-0.15, -0.1) is 6.58 Å². The smallest absolute Gasteiger partial charge is 0.203 e. The summed E-state index contributed by atoms with van der Waals surface area (Å²) in [6, 6.07) is 18.3. The lowest BCUT2D eigenvalue weighted by molar-refractivity contribution is 0.0196. The Bertz CT molecular complexity index is 672. The third-order valence-electron chi connectivity index (χ3n) is 4.03. The molecule has 1 aliphatic heterocycles. The van der Waals surface area contributed by atoms with Crippen molar-refractivity contribution < 1.29 is 4.74 Å². The Morgan fingerprint density at radius 3 is 2.38 bits per heavy atom. The summed E-state index contributed by atoms with van der Waals surface area (Å²) in [4.78, 5) is 4.63. The van der Waals surface area contributed by atoms with Gasteiger partial charge < -0.3 is 4.74 Å². The molecule has 1 saturated heterocycles. The van der Waals surface area contributed by atoms with Gasteiger partial charge in [0.25, 0.3) is 0 Å². The largest absolute Gasteiger partial charge is 0.470 e. The second-order valence-electron chi connectivity index (χ2n) is 5.65. The molecule has 21 heavy (non-hydrogen) atoms. The Morgan fingerprint density at radius 2 is 1.76 bits per heavy atom. The maximum absolute atomic E-state index is 5.94. The summed E-state index contributed by atoms with van der Waals surface area (Å²) in [6.07, 6.45) is 1.92. The number of benzene rings is 2.